The summed E-state index contributed by atoms with van der Waals surface area (Å²) in [4.78, 5) is 33.1. The third-order valence-electron chi connectivity index (χ3n) is 7.76. The van der Waals surface area contributed by atoms with E-state index in [1.807, 2.05) is 43.3 Å². The number of hydrogen-bond donors (Lipinski definition) is 0. The average Bonchev–Trinajstić information content (AvgIpc) is 3.37. The molecule has 11 heteroatoms. The second kappa shape index (κ2) is 15.6. The average molecular weight is 703 g/mol. The number of ether oxygens (including phenoxy) is 5. The van der Waals surface area contributed by atoms with Crippen LogP contribution in [0.3, 0.4) is 0 Å². The van der Waals surface area contributed by atoms with E-state index in [2.05, 4.69) is 6.58 Å². The molecule has 4 aromatic rings. The molecule has 0 spiro atoms. The predicted molar refractivity (Wildman–Crippen MR) is 192 cm³/mol. The lowest BCUT2D eigenvalue weighted by atomic mass is 9.94. The number of thiazole rings is 1. The first-order chi connectivity index (χ1) is 23.6. The Morgan fingerprint density at radius 3 is 2.51 bits per heavy atom. The van der Waals surface area contributed by atoms with Crippen LogP contribution in [0.15, 0.2) is 88.3 Å². The van der Waals surface area contributed by atoms with E-state index in [1.165, 1.54) is 23.0 Å². The number of halogens is 1. The van der Waals surface area contributed by atoms with Gasteiger partial charge >= 0.3 is 5.97 Å². The zero-order chi connectivity index (χ0) is 35.2. The minimum atomic E-state index is -0.884. The van der Waals surface area contributed by atoms with Gasteiger partial charge in [-0.15, -0.1) is 6.58 Å². The minimum Gasteiger partial charge on any atom is -0.497 e. The number of benzene rings is 3. The number of allylic oxidation sites excluding steroid dienone is 2. The molecule has 0 bridgehead atoms. The Bertz CT molecular complexity index is 2100. The van der Waals surface area contributed by atoms with Gasteiger partial charge in [-0.1, -0.05) is 47.2 Å². The molecule has 0 aliphatic carbocycles. The molecule has 1 aliphatic heterocycles. The first kappa shape index (κ1) is 35.5. The topological polar surface area (TPSA) is 97.6 Å². The summed E-state index contributed by atoms with van der Waals surface area (Å²) in [5, 5.41) is 0.610. The number of carbonyl (C=O) groups excluding carboxylic acids is 1. The van der Waals surface area contributed by atoms with Crippen molar-refractivity contribution in [3.63, 3.8) is 0 Å². The Labute approximate surface area is 294 Å². The van der Waals surface area contributed by atoms with Gasteiger partial charge in [-0.05, 0) is 82.2 Å². The molecule has 0 radical (unpaired) electrons. The van der Waals surface area contributed by atoms with Crippen LogP contribution in [-0.2, 0) is 22.6 Å². The van der Waals surface area contributed by atoms with Gasteiger partial charge < -0.3 is 23.7 Å². The van der Waals surface area contributed by atoms with Crippen LogP contribution < -0.4 is 33.8 Å². The highest BCUT2D eigenvalue weighted by molar-refractivity contribution is 7.07. The number of esters is 1. The SMILES string of the molecule is C=CCc1cc(/C=c2\sc3n(c2=O)[C@H](c2cc(OC)ccc2OC)C(C(=O)OC(C)C)=C(C)N=3)cc(OCC)c1OCc1ccccc1Cl. The number of methoxy groups -OCH3 is 2. The molecule has 9 nitrogen and oxygen atoms in total. The van der Waals surface area contributed by atoms with E-state index >= 15 is 0 Å². The van der Waals surface area contributed by atoms with Crippen molar-refractivity contribution >= 4 is 35.0 Å². The zero-order valence-electron chi connectivity index (χ0n) is 28.4. The molecule has 0 saturated carbocycles. The monoisotopic (exact) mass is 702 g/mol. The summed E-state index contributed by atoms with van der Waals surface area (Å²) in [5.74, 6) is 1.56. The van der Waals surface area contributed by atoms with E-state index in [4.69, 9.17) is 40.3 Å². The van der Waals surface area contributed by atoms with E-state index in [-0.39, 0.29) is 23.8 Å². The summed E-state index contributed by atoms with van der Waals surface area (Å²) in [6.07, 6.45) is 3.69. The van der Waals surface area contributed by atoms with Crippen molar-refractivity contribution < 1.29 is 28.5 Å². The summed E-state index contributed by atoms with van der Waals surface area (Å²) in [5.41, 5.74) is 3.32. The van der Waals surface area contributed by atoms with Crippen LogP contribution in [0.5, 0.6) is 23.0 Å². The van der Waals surface area contributed by atoms with Crippen LogP contribution in [0.1, 0.15) is 56.0 Å². The lowest BCUT2D eigenvalue weighted by Gasteiger charge is -2.26. The summed E-state index contributed by atoms with van der Waals surface area (Å²) < 4.78 is 31.2. The predicted octanol–water partition coefficient (Wildman–Crippen LogP) is 6.56. The van der Waals surface area contributed by atoms with Crippen LogP contribution in [0.25, 0.3) is 6.08 Å². The fourth-order valence-corrected chi connectivity index (χ4v) is 6.86. The van der Waals surface area contributed by atoms with Crippen molar-refractivity contribution in [2.75, 3.05) is 20.8 Å². The Morgan fingerprint density at radius 1 is 1.06 bits per heavy atom. The third-order valence-corrected chi connectivity index (χ3v) is 9.11. The highest BCUT2D eigenvalue weighted by atomic mass is 35.5. The highest BCUT2D eigenvalue weighted by Crippen LogP contribution is 2.38. The lowest BCUT2D eigenvalue weighted by Crippen LogP contribution is -2.40. The van der Waals surface area contributed by atoms with Crippen molar-refractivity contribution in [1.82, 2.24) is 4.57 Å². The number of carbonyl (C=O) groups is 1. The fourth-order valence-electron chi connectivity index (χ4n) is 5.62. The number of rotatable bonds is 13. The summed E-state index contributed by atoms with van der Waals surface area (Å²) in [7, 11) is 3.09. The van der Waals surface area contributed by atoms with E-state index in [0.29, 0.717) is 61.6 Å². The molecule has 256 valence electrons. The van der Waals surface area contributed by atoms with Crippen LogP contribution in [0.2, 0.25) is 5.02 Å². The quantitative estimate of drug-likeness (QED) is 0.115. The molecule has 1 aliphatic rings. The molecule has 5 rings (SSSR count). The van der Waals surface area contributed by atoms with Crippen LogP contribution >= 0.6 is 22.9 Å². The van der Waals surface area contributed by atoms with Crippen molar-refractivity contribution in [1.29, 1.82) is 0 Å². The number of hydrogen-bond acceptors (Lipinski definition) is 9. The summed E-state index contributed by atoms with van der Waals surface area (Å²) >= 11 is 7.62. The number of fused-ring (bicyclic) bond motifs is 1. The van der Waals surface area contributed by atoms with Gasteiger partial charge in [0, 0.05) is 21.7 Å². The smallest absolute Gasteiger partial charge is 0.338 e. The van der Waals surface area contributed by atoms with Crippen molar-refractivity contribution in [3.8, 4) is 23.0 Å². The Hall–Kier alpha value is -4.80. The number of nitrogens with zero attached hydrogens (tertiary/aromatic N) is 2. The van der Waals surface area contributed by atoms with Gasteiger partial charge in [0.2, 0.25) is 0 Å². The summed E-state index contributed by atoms with van der Waals surface area (Å²) in [6.45, 7) is 11.8. The van der Waals surface area contributed by atoms with Crippen molar-refractivity contribution in [3.05, 3.63) is 125 Å². The number of aromatic nitrogens is 1. The molecule has 0 N–H and O–H groups in total. The molecular weight excluding hydrogens is 664 g/mol. The van der Waals surface area contributed by atoms with Crippen molar-refractivity contribution in [2.24, 2.45) is 4.99 Å². The zero-order valence-corrected chi connectivity index (χ0v) is 29.9. The maximum atomic E-state index is 14.4. The van der Waals surface area contributed by atoms with E-state index in [1.54, 1.807) is 58.2 Å². The maximum absolute atomic E-state index is 14.4. The molecule has 0 amide bonds. The molecule has 1 atom stereocenters. The van der Waals surface area contributed by atoms with Gasteiger partial charge in [0.15, 0.2) is 16.3 Å². The molecule has 49 heavy (non-hydrogen) atoms. The largest absolute Gasteiger partial charge is 0.497 e. The minimum absolute atomic E-state index is 0.242. The third kappa shape index (κ3) is 7.60. The van der Waals surface area contributed by atoms with Gasteiger partial charge in [-0.25, -0.2) is 9.79 Å². The first-order valence-electron chi connectivity index (χ1n) is 15.8. The van der Waals surface area contributed by atoms with Crippen LogP contribution in [0, 0.1) is 0 Å². The standard InChI is InChI=1S/C38H39ClN2O7S/c1-8-12-25-17-24(18-31(46-9-2)35(25)47-21-26-13-10-11-14-29(26)39)19-32-36(42)41-34(28-20-27(44-6)15-16-30(28)45-7)33(37(43)48-22(3)4)23(5)40-38(41)49-32/h8,10-11,13-20,22,34H,1,9,12,21H2,2-7H3/b32-19-/t34-/m1/s1. The van der Waals surface area contributed by atoms with Gasteiger partial charge in [0.05, 0.1) is 42.7 Å². The van der Waals surface area contributed by atoms with E-state index in [9.17, 15) is 9.59 Å². The van der Waals surface area contributed by atoms with Crippen molar-refractivity contribution in [2.45, 2.75) is 52.9 Å². The van der Waals surface area contributed by atoms with Crippen LogP contribution in [-0.4, -0.2) is 37.5 Å². The molecule has 0 saturated heterocycles. The van der Waals surface area contributed by atoms with Gasteiger partial charge in [0.1, 0.15) is 24.1 Å². The summed E-state index contributed by atoms with van der Waals surface area (Å²) in [6, 6.07) is 15.7. The second-order valence-corrected chi connectivity index (χ2v) is 12.9. The van der Waals surface area contributed by atoms with Gasteiger partial charge in [-0.3, -0.25) is 9.36 Å². The van der Waals surface area contributed by atoms with E-state index < -0.39 is 12.0 Å². The molecule has 3 aromatic carbocycles. The molecule has 1 aromatic heterocycles. The first-order valence-corrected chi connectivity index (χ1v) is 17.0. The Kier molecular flexibility index (Phi) is 11.3. The second-order valence-electron chi connectivity index (χ2n) is 11.5. The Balaban J connectivity index is 1.68. The molecule has 0 fully saturated rings. The maximum Gasteiger partial charge on any atom is 0.338 e. The Morgan fingerprint density at radius 2 is 1.84 bits per heavy atom. The van der Waals surface area contributed by atoms with Crippen LogP contribution in [0.4, 0.5) is 0 Å². The van der Waals surface area contributed by atoms with Gasteiger partial charge in [0.25, 0.3) is 5.56 Å². The molecule has 0 unspecified atom stereocenters. The fraction of sp³-hybridized carbons (Fsp3) is 0.289. The molecule has 2 heterocycles. The van der Waals surface area contributed by atoms with Gasteiger partial charge in [-0.2, -0.15) is 0 Å². The lowest BCUT2D eigenvalue weighted by molar-refractivity contribution is -0.143. The molecular formula is C38H39ClN2O7S. The normalized spacial score (nSPS) is 14.3. The van der Waals surface area contributed by atoms with E-state index in [0.717, 1.165) is 16.7 Å². The highest BCUT2D eigenvalue weighted by Gasteiger charge is 2.36.